The van der Waals surface area contributed by atoms with Crippen LogP contribution < -0.4 is 5.32 Å². The highest BCUT2D eigenvalue weighted by Gasteiger charge is 2.19. The summed E-state index contributed by atoms with van der Waals surface area (Å²) >= 11 is 0. The van der Waals surface area contributed by atoms with Gasteiger partial charge in [-0.2, -0.15) is 10.2 Å². The first-order valence-electron chi connectivity index (χ1n) is 5.99. The van der Waals surface area contributed by atoms with Crippen LogP contribution in [0.1, 0.15) is 10.5 Å². The number of amides is 1. The van der Waals surface area contributed by atoms with Gasteiger partial charge in [-0.25, -0.2) is 4.79 Å². The SMILES string of the molecule is COC(=O)c1c(NC(=O)Cn2cc([N+](=O)[O-])cn2)cnn1C. The molecule has 11 nitrogen and oxygen atoms in total. The van der Waals surface area contributed by atoms with Crippen molar-refractivity contribution < 1.29 is 19.2 Å². The molecule has 2 aromatic rings. The molecule has 0 saturated carbocycles. The first-order valence-corrected chi connectivity index (χ1v) is 5.99. The van der Waals surface area contributed by atoms with E-state index in [0.717, 1.165) is 17.1 Å². The third kappa shape index (κ3) is 3.08. The molecule has 2 heterocycles. The van der Waals surface area contributed by atoms with Crippen molar-refractivity contribution in [2.45, 2.75) is 6.54 Å². The van der Waals surface area contributed by atoms with Crippen LogP contribution in [0.4, 0.5) is 11.4 Å². The zero-order valence-electron chi connectivity index (χ0n) is 11.7. The van der Waals surface area contributed by atoms with E-state index in [1.54, 1.807) is 0 Å². The number of nitro groups is 1. The quantitative estimate of drug-likeness (QED) is 0.465. The van der Waals surface area contributed by atoms with Crippen molar-refractivity contribution in [3.05, 3.63) is 34.4 Å². The van der Waals surface area contributed by atoms with Gasteiger partial charge < -0.3 is 10.1 Å². The molecule has 116 valence electrons. The highest BCUT2D eigenvalue weighted by molar-refractivity contribution is 5.99. The molecule has 11 heteroatoms. The number of hydrogen-bond acceptors (Lipinski definition) is 7. The number of carbonyl (C=O) groups excluding carboxylic acids is 2. The normalized spacial score (nSPS) is 10.3. The molecule has 0 atom stereocenters. The monoisotopic (exact) mass is 308 g/mol. The number of esters is 1. The maximum Gasteiger partial charge on any atom is 0.358 e. The fourth-order valence-corrected chi connectivity index (χ4v) is 1.74. The van der Waals surface area contributed by atoms with Crippen molar-refractivity contribution in [2.75, 3.05) is 12.4 Å². The van der Waals surface area contributed by atoms with E-state index >= 15 is 0 Å². The molecule has 0 aliphatic rings. The number of ether oxygens (including phenoxy) is 1. The Balaban J connectivity index is 2.09. The minimum Gasteiger partial charge on any atom is -0.464 e. The van der Waals surface area contributed by atoms with E-state index in [1.165, 1.54) is 25.0 Å². The molecule has 1 N–H and O–H groups in total. The predicted octanol–water partition coefficient (Wildman–Crippen LogP) is -0.0499. The molecule has 2 rings (SSSR count). The Hall–Kier alpha value is -3.24. The van der Waals surface area contributed by atoms with E-state index in [1.807, 2.05) is 0 Å². The third-order valence-electron chi connectivity index (χ3n) is 2.73. The standard InChI is InChI=1S/C11H12N6O5/c1-15-10(11(19)22-2)8(4-12-15)14-9(18)6-16-5-7(3-13-16)17(20)21/h3-5H,6H2,1-2H3,(H,14,18). The van der Waals surface area contributed by atoms with Crippen molar-refractivity contribution in [3.8, 4) is 0 Å². The van der Waals surface area contributed by atoms with Gasteiger partial charge in [0.05, 0.1) is 23.9 Å². The van der Waals surface area contributed by atoms with E-state index in [9.17, 15) is 19.7 Å². The fraction of sp³-hybridized carbons (Fsp3) is 0.273. The zero-order valence-corrected chi connectivity index (χ0v) is 11.7. The van der Waals surface area contributed by atoms with Crippen molar-refractivity contribution in [1.29, 1.82) is 0 Å². The Labute approximate surface area is 123 Å². The van der Waals surface area contributed by atoms with Crippen molar-refractivity contribution in [1.82, 2.24) is 19.6 Å². The van der Waals surface area contributed by atoms with Crippen LogP contribution in [-0.4, -0.2) is 43.5 Å². The van der Waals surface area contributed by atoms with Gasteiger partial charge >= 0.3 is 11.7 Å². The second-order valence-electron chi connectivity index (χ2n) is 4.22. The van der Waals surface area contributed by atoms with Gasteiger partial charge in [0.2, 0.25) is 5.91 Å². The molecule has 0 saturated heterocycles. The lowest BCUT2D eigenvalue weighted by Gasteiger charge is -2.06. The van der Waals surface area contributed by atoms with Gasteiger partial charge in [0, 0.05) is 7.05 Å². The van der Waals surface area contributed by atoms with Crippen LogP contribution >= 0.6 is 0 Å². The number of aryl methyl sites for hydroxylation is 1. The summed E-state index contributed by atoms with van der Waals surface area (Å²) in [4.78, 5) is 33.4. The molecule has 1 amide bonds. The molecular weight excluding hydrogens is 296 g/mol. The van der Waals surface area contributed by atoms with Gasteiger partial charge in [0.15, 0.2) is 5.69 Å². The Bertz CT molecular complexity index is 733. The van der Waals surface area contributed by atoms with E-state index in [4.69, 9.17) is 0 Å². The fourth-order valence-electron chi connectivity index (χ4n) is 1.74. The number of nitrogens with zero attached hydrogens (tertiary/aromatic N) is 5. The summed E-state index contributed by atoms with van der Waals surface area (Å²) < 4.78 is 6.98. The van der Waals surface area contributed by atoms with Crippen LogP contribution in [0.3, 0.4) is 0 Å². The molecule has 2 aromatic heterocycles. The van der Waals surface area contributed by atoms with E-state index in [2.05, 4.69) is 20.3 Å². The summed E-state index contributed by atoms with van der Waals surface area (Å²) in [5, 5.41) is 20.6. The van der Waals surface area contributed by atoms with Gasteiger partial charge in [0.25, 0.3) is 0 Å². The number of nitrogens with one attached hydrogen (secondary N) is 1. The van der Waals surface area contributed by atoms with Crippen LogP contribution in [0, 0.1) is 10.1 Å². The zero-order chi connectivity index (χ0) is 16.3. The highest BCUT2D eigenvalue weighted by atomic mass is 16.6. The summed E-state index contributed by atoms with van der Waals surface area (Å²) in [6, 6.07) is 0. The van der Waals surface area contributed by atoms with E-state index in [-0.39, 0.29) is 23.6 Å². The predicted molar refractivity (Wildman–Crippen MR) is 72.1 cm³/mol. The summed E-state index contributed by atoms with van der Waals surface area (Å²) in [7, 11) is 2.74. The topological polar surface area (TPSA) is 134 Å². The number of anilines is 1. The minimum atomic E-state index is -0.648. The Morgan fingerprint density at radius 2 is 2.14 bits per heavy atom. The maximum absolute atomic E-state index is 11.9. The lowest BCUT2D eigenvalue weighted by atomic mass is 10.3. The summed E-state index contributed by atoms with van der Waals surface area (Å²) in [5.41, 5.74) is 0.0488. The molecule has 0 aromatic carbocycles. The number of methoxy groups -OCH3 is 1. The second kappa shape index (κ2) is 6.03. The Morgan fingerprint density at radius 3 is 2.73 bits per heavy atom. The van der Waals surface area contributed by atoms with Crippen LogP contribution in [0.5, 0.6) is 0 Å². The van der Waals surface area contributed by atoms with Crippen LogP contribution in [0.2, 0.25) is 0 Å². The summed E-state index contributed by atoms with van der Waals surface area (Å²) in [5.74, 6) is -1.17. The first-order chi connectivity index (χ1) is 10.4. The van der Waals surface area contributed by atoms with E-state index in [0.29, 0.717) is 0 Å². The molecule has 0 aliphatic heterocycles. The molecule has 22 heavy (non-hydrogen) atoms. The summed E-state index contributed by atoms with van der Waals surface area (Å²) in [6.45, 7) is -0.247. The third-order valence-corrected chi connectivity index (χ3v) is 2.73. The number of carbonyl (C=O) groups is 2. The van der Waals surface area contributed by atoms with Crippen molar-refractivity contribution >= 4 is 23.3 Å². The van der Waals surface area contributed by atoms with Crippen molar-refractivity contribution in [2.24, 2.45) is 7.05 Å². The van der Waals surface area contributed by atoms with Crippen molar-refractivity contribution in [3.63, 3.8) is 0 Å². The highest BCUT2D eigenvalue weighted by Crippen LogP contribution is 2.15. The summed E-state index contributed by atoms with van der Waals surface area (Å²) in [6.07, 6.45) is 3.47. The van der Waals surface area contributed by atoms with E-state index < -0.39 is 16.8 Å². The lowest BCUT2D eigenvalue weighted by Crippen LogP contribution is -2.21. The van der Waals surface area contributed by atoms with Crippen LogP contribution in [-0.2, 0) is 23.1 Å². The Kier molecular flexibility index (Phi) is 4.15. The van der Waals surface area contributed by atoms with Gasteiger partial charge in [-0.3, -0.25) is 24.3 Å². The minimum absolute atomic E-state index is 0.0855. The molecule has 0 spiro atoms. The molecule has 0 unspecified atom stereocenters. The molecule has 0 aliphatic carbocycles. The van der Waals surface area contributed by atoms with Crippen LogP contribution in [0.25, 0.3) is 0 Å². The molecule has 0 fully saturated rings. The van der Waals surface area contributed by atoms with Gasteiger partial charge in [-0.15, -0.1) is 0 Å². The molecular formula is C11H12N6O5. The lowest BCUT2D eigenvalue weighted by molar-refractivity contribution is -0.385. The average molecular weight is 308 g/mol. The smallest absolute Gasteiger partial charge is 0.358 e. The first kappa shape index (κ1) is 15.2. The largest absolute Gasteiger partial charge is 0.464 e. The van der Waals surface area contributed by atoms with Gasteiger partial charge in [-0.1, -0.05) is 0 Å². The average Bonchev–Trinajstić information content (AvgIpc) is 3.05. The number of aromatic nitrogens is 4. The van der Waals surface area contributed by atoms with Gasteiger partial charge in [-0.05, 0) is 0 Å². The number of rotatable bonds is 5. The second-order valence-corrected chi connectivity index (χ2v) is 4.22. The maximum atomic E-state index is 11.9. The molecule has 0 bridgehead atoms. The number of hydrogen-bond donors (Lipinski definition) is 1. The molecule has 0 radical (unpaired) electrons. The van der Waals surface area contributed by atoms with Crippen LogP contribution in [0.15, 0.2) is 18.6 Å². The van der Waals surface area contributed by atoms with Gasteiger partial charge in [0.1, 0.15) is 18.9 Å². The Morgan fingerprint density at radius 1 is 1.41 bits per heavy atom.